The van der Waals surface area contributed by atoms with Crippen molar-refractivity contribution in [2.45, 2.75) is 37.7 Å². The molecule has 6 heteroatoms. The number of nitrogens with zero attached hydrogens (tertiary/aromatic N) is 1. The summed E-state index contributed by atoms with van der Waals surface area (Å²) in [6.45, 7) is 6.40. The zero-order valence-corrected chi connectivity index (χ0v) is 12.9. The van der Waals surface area contributed by atoms with Crippen molar-refractivity contribution >= 4 is 10.0 Å². The second kappa shape index (κ2) is 5.35. The molecule has 1 fully saturated rings. The van der Waals surface area contributed by atoms with Gasteiger partial charge in [-0.25, -0.2) is 8.42 Å². The fraction of sp³-hybridized carbons (Fsp3) is 0.571. The molecule has 112 valence electrons. The number of ether oxygens (including phenoxy) is 1. The lowest BCUT2D eigenvalue weighted by Crippen LogP contribution is -2.33. The highest BCUT2D eigenvalue weighted by Gasteiger charge is 2.38. The Labute approximate surface area is 120 Å². The maximum Gasteiger partial charge on any atom is 0.243 e. The predicted octanol–water partition coefficient (Wildman–Crippen LogP) is 1.54. The summed E-state index contributed by atoms with van der Waals surface area (Å²) in [5.74, 6) is 0.694. The molecule has 1 atom stereocenters. The van der Waals surface area contributed by atoms with Gasteiger partial charge in [0.25, 0.3) is 0 Å². The van der Waals surface area contributed by atoms with Gasteiger partial charge in [-0.1, -0.05) is 0 Å². The molecule has 0 aromatic heterocycles. The van der Waals surface area contributed by atoms with E-state index in [1.165, 1.54) is 4.31 Å². The van der Waals surface area contributed by atoms with Gasteiger partial charge < -0.3 is 9.84 Å². The minimum Gasteiger partial charge on any atom is -0.494 e. The number of β-amino-alcohol motifs (C(OH)–C–C–N with tert-alkyl or cyclic N) is 1. The van der Waals surface area contributed by atoms with Crippen molar-refractivity contribution in [1.29, 1.82) is 0 Å². The zero-order valence-electron chi connectivity index (χ0n) is 12.1. The van der Waals surface area contributed by atoms with Crippen molar-refractivity contribution in [1.82, 2.24) is 4.31 Å². The Kier molecular flexibility index (Phi) is 4.09. The average molecular weight is 299 g/mol. The van der Waals surface area contributed by atoms with Crippen molar-refractivity contribution in [3.63, 3.8) is 0 Å². The molecule has 0 saturated carbocycles. The van der Waals surface area contributed by atoms with E-state index in [1.807, 2.05) is 13.8 Å². The molecule has 0 radical (unpaired) electrons. The van der Waals surface area contributed by atoms with E-state index in [0.717, 1.165) is 5.56 Å². The highest BCUT2D eigenvalue weighted by atomic mass is 32.2. The molecule has 1 heterocycles. The van der Waals surface area contributed by atoms with Gasteiger partial charge in [-0.3, -0.25) is 0 Å². The fourth-order valence-electron chi connectivity index (χ4n) is 2.36. The SMILES string of the molecule is CCOc1ccc(S(=O)(=O)N2CCC(C)(O)C2)cc1C. The number of aryl methyl sites for hydroxylation is 1. The van der Waals surface area contributed by atoms with Gasteiger partial charge in [-0.2, -0.15) is 4.31 Å². The van der Waals surface area contributed by atoms with Crippen molar-refractivity contribution in [2.75, 3.05) is 19.7 Å². The third-order valence-corrected chi connectivity index (χ3v) is 5.34. The van der Waals surface area contributed by atoms with Crippen LogP contribution < -0.4 is 4.74 Å². The molecule has 2 rings (SSSR count). The summed E-state index contributed by atoms with van der Waals surface area (Å²) >= 11 is 0. The molecule has 0 aliphatic carbocycles. The molecule has 1 saturated heterocycles. The number of rotatable bonds is 4. The molecule has 0 spiro atoms. The van der Waals surface area contributed by atoms with Crippen LogP contribution in [0.25, 0.3) is 0 Å². The van der Waals surface area contributed by atoms with Gasteiger partial charge in [0.2, 0.25) is 10.0 Å². The second-order valence-electron chi connectivity index (χ2n) is 5.45. The van der Waals surface area contributed by atoms with E-state index in [9.17, 15) is 13.5 Å². The molecule has 1 aliphatic rings. The summed E-state index contributed by atoms with van der Waals surface area (Å²) in [6.07, 6.45) is 0.461. The fourth-order valence-corrected chi connectivity index (χ4v) is 4.00. The molecule has 1 unspecified atom stereocenters. The summed E-state index contributed by atoms with van der Waals surface area (Å²) in [5, 5.41) is 9.92. The van der Waals surface area contributed by atoms with Crippen LogP contribution in [0.3, 0.4) is 0 Å². The third kappa shape index (κ3) is 2.97. The molecule has 0 amide bonds. The maximum absolute atomic E-state index is 12.5. The largest absolute Gasteiger partial charge is 0.494 e. The Hall–Kier alpha value is -1.11. The van der Waals surface area contributed by atoms with E-state index in [1.54, 1.807) is 25.1 Å². The van der Waals surface area contributed by atoms with Crippen LogP contribution in [0.1, 0.15) is 25.8 Å². The third-order valence-electron chi connectivity index (χ3n) is 3.50. The topological polar surface area (TPSA) is 66.8 Å². The van der Waals surface area contributed by atoms with Gasteiger partial charge in [0.05, 0.1) is 17.1 Å². The monoisotopic (exact) mass is 299 g/mol. The Bertz CT molecular complexity index is 595. The van der Waals surface area contributed by atoms with Crippen LogP contribution >= 0.6 is 0 Å². The van der Waals surface area contributed by atoms with Gasteiger partial charge in [0.1, 0.15) is 5.75 Å². The van der Waals surface area contributed by atoms with E-state index < -0.39 is 15.6 Å². The number of hydrogen-bond donors (Lipinski definition) is 1. The minimum absolute atomic E-state index is 0.140. The van der Waals surface area contributed by atoms with E-state index in [-0.39, 0.29) is 11.4 Å². The van der Waals surface area contributed by atoms with Crippen LogP contribution in [0.5, 0.6) is 5.75 Å². The van der Waals surface area contributed by atoms with Gasteiger partial charge in [0, 0.05) is 13.1 Å². The van der Waals surface area contributed by atoms with Crippen molar-refractivity contribution in [2.24, 2.45) is 0 Å². The van der Waals surface area contributed by atoms with E-state index in [2.05, 4.69) is 0 Å². The Morgan fingerprint density at radius 1 is 1.45 bits per heavy atom. The highest BCUT2D eigenvalue weighted by Crippen LogP contribution is 2.29. The first kappa shape index (κ1) is 15.3. The summed E-state index contributed by atoms with van der Waals surface area (Å²) < 4.78 is 31.8. The molecular formula is C14H21NO4S. The van der Waals surface area contributed by atoms with Crippen molar-refractivity contribution < 1.29 is 18.3 Å². The van der Waals surface area contributed by atoms with Crippen LogP contribution in [-0.4, -0.2) is 43.1 Å². The van der Waals surface area contributed by atoms with E-state index in [4.69, 9.17) is 4.74 Å². The van der Waals surface area contributed by atoms with Crippen LogP contribution in [0, 0.1) is 6.92 Å². The molecule has 5 nitrogen and oxygen atoms in total. The van der Waals surface area contributed by atoms with Crippen LogP contribution in [0.4, 0.5) is 0 Å². The summed E-state index contributed by atoms with van der Waals surface area (Å²) in [6, 6.07) is 4.85. The smallest absolute Gasteiger partial charge is 0.243 e. The van der Waals surface area contributed by atoms with Crippen molar-refractivity contribution in [3.8, 4) is 5.75 Å². The van der Waals surface area contributed by atoms with Gasteiger partial charge in [-0.15, -0.1) is 0 Å². The van der Waals surface area contributed by atoms with Crippen LogP contribution in [0.2, 0.25) is 0 Å². The van der Waals surface area contributed by atoms with E-state index in [0.29, 0.717) is 25.3 Å². The molecule has 20 heavy (non-hydrogen) atoms. The summed E-state index contributed by atoms with van der Waals surface area (Å²) in [5.41, 5.74) is -0.146. The number of hydrogen-bond acceptors (Lipinski definition) is 4. The Balaban J connectivity index is 2.29. The first-order valence-electron chi connectivity index (χ1n) is 6.72. The van der Waals surface area contributed by atoms with Crippen molar-refractivity contribution in [3.05, 3.63) is 23.8 Å². The molecule has 1 aromatic rings. The van der Waals surface area contributed by atoms with E-state index >= 15 is 0 Å². The first-order valence-corrected chi connectivity index (χ1v) is 8.16. The molecule has 1 aromatic carbocycles. The molecule has 0 bridgehead atoms. The quantitative estimate of drug-likeness (QED) is 0.916. The normalized spacial score (nSPS) is 24.0. The zero-order chi connectivity index (χ0) is 15.0. The molecule has 1 aliphatic heterocycles. The maximum atomic E-state index is 12.5. The lowest BCUT2D eigenvalue weighted by molar-refractivity contribution is 0.0762. The Morgan fingerprint density at radius 2 is 2.15 bits per heavy atom. The number of sulfonamides is 1. The molecule has 1 N–H and O–H groups in total. The summed E-state index contributed by atoms with van der Waals surface area (Å²) in [4.78, 5) is 0.246. The van der Waals surface area contributed by atoms with Gasteiger partial charge in [-0.05, 0) is 51.0 Å². The highest BCUT2D eigenvalue weighted by molar-refractivity contribution is 7.89. The first-order chi connectivity index (χ1) is 9.26. The average Bonchev–Trinajstić information content (AvgIpc) is 2.73. The standard InChI is InChI=1S/C14H21NO4S/c1-4-19-13-6-5-12(9-11(13)2)20(17,18)15-8-7-14(3,16)10-15/h5-6,9,16H,4,7-8,10H2,1-3H3. The van der Waals surface area contributed by atoms with Crippen LogP contribution in [-0.2, 0) is 10.0 Å². The summed E-state index contributed by atoms with van der Waals surface area (Å²) in [7, 11) is -3.55. The number of benzene rings is 1. The Morgan fingerprint density at radius 3 is 2.65 bits per heavy atom. The second-order valence-corrected chi connectivity index (χ2v) is 7.38. The van der Waals surface area contributed by atoms with Gasteiger partial charge in [0.15, 0.2) is 0 Å². The minimum atomic E-state index is -3.55. The lowest BCUT2D eigenvalue weighted by Gasteiger charge is -2.19. The number of aliphatic hydroxyl groups is 1. The van der Waals surface area contributed by atoms with Gasteiger partial charge >= 0.3 is 0 Å². The predicted molar refractivity (Wildman–Crippen MR) is 76.3 cm³/mol. The lowest BCUT2D eigenvalue weighted by atomic mass is 10.1. The molecular weight excluding hydrogens is 278 g/mol. The van der Waals surface area contributed by atoms with Crippen LogP contribution in [0.15, 0.2) is 23.1 Å².